The Morgan fingerprint density at radius 2 is 2.00 bits per heavy atom. The highest BCUT2D eigenvalue weighted by Crippen LogP contribution is 2.40. The summed E-state index contributed by atoms with van der Waals surface area (Å²) in [6.07, 6.45) is 5.37. The molecule has 0 radical (unpaired) electrons. The third kappa shape index (κ3) is 5.43. The largest absolute Gasteiger partial charge is 0.496 e. The lowest BCUT2D eigenvalue weighted by atomic mass is 10.00. The Bertz CT molecular complexity index is 1240. The standard InChI is InChI=1S/C26H28F3N3O4/c1-34-22-11-17(12-23(36-26(28)29)25(22)21(33)10-16-2-3-16)20-14-30-24-13-19(5-7-32(20)24)35-9-8-31-6-4-18(27)15-31/h5,7,11-14,16,18,26H,2-4,6,8-10,15H2,1H3/t18-/m0/s1. The third-order valence-electron chi connectivity index (χ3n) is 6.62. The van der Waals surface area contributed by atoms with Crippen LogP contribution in [0.25, 0.3) is 16.9 Å². The molecular formula is C26H28F3N3O4. The van der Waals surface area contributed by atoms with Gasteiger partial charge in [0.1, 0.15) is 41.2 Å². The van der Waals surface area contributed by atoms with E-state index < -0.39 is 12.8 Å². The van der Waals surface area contributed by atoms with E-state index in [2.05, 4.69) is 4.98 Å². The summed E-state index contributed by atoms with van der Waals surface area (Å²) in [5.74, 6) is 0.606. The van der Waals surface area contributed by atoms with Crippen molar-refractivity contribution in [3.05, 3.63) is 42.2 Å². The predicted octanol–water partition coefficient (Wildman–Crippen LogP) is 5.02. The number of nitrogens with zero attached hydrogens (tertiary/aromatic N) is 3. The number of aromatic nitrogens is 2. The van der Waals surface area contributed by atoms with E-state index in [4.69, 9.17) is 14.2 Å². The number of likely N-dealkylation sites (tertiary alicyclic amines) is 1. The number of methoxy groups -OCH3 is 1. The highest BCUT2D eigenvalue weighted by molar-refractivity contribution is 6.02. The second-order valence-electron chi connectivity index (χ2n) is 9.27. The molecule has 2 aromatic heterocycles. The average Bonchev–Trinajstić information content (AvgIpc) is 3.40. The highest BCUT2D eigenvalue weighted by atomic mass is 19.3. The molecule has 1 saturated carbocycles. The van der Waals surface area contributed by atoms with Crippen LogP contribution in [-0.2, 0) is 0 Å². The maximum Gasteiger partial charge on any atom is 0.387 e. The number of rotatable bonds is 11. The highest BCUT2D eigenvalue weighted by Gasteiger charge is 2.30. The normalized spacial score (nSPS) is 18.2. The molecule has 2 fully saturated rings. The van der Waals surface area contributed by atoms with Crippen molar-refractivity contribution in [1.29, 1.82) is 0 Å². The second kappa shape index (κ2) is 10.4. The maximum absolute atomic E-state index is 13.3. The molecule has 192 valence electrons. The van der Waals surface area contributed by atoms with E-state index in [9.17, 15) is 18.0 Å². The topological polar surface area (TPSA) is 65.3 Å². The number of imidazole rings is 1. The van der Waals surface area contributed by atoms with E-state index in [0.717, 1.165) is 19.4 Å². The molecule has 3 aromatic rings. The number of halogens is 3. The average molecular weight is 504 g/mol. The molecule has 3 heterocycles. The number of alkyl halides is 3. The summed E-state index contributed by atoms with van der Waals surface area (Å²) in [6, 6.07) is 6.62. The zero-order valence-electron chi connectivity index (χ0n) is 20.0. The summed E-state index contributed by atoms with van der Waals surface area (Å²) in [5.41, 5.74) is 1.76. The van der Waals surface area contributed by atoms with Crippen LogP contribution in [0.5, 0.6) is 17.2 Å². The molecule has 1 aliphatic heterocycles. The van der Waals surface area contributed by atoms with Crippen molar-refractivity contribution in [2.45, 2.75) is 38.5 Å². The minimum Gasteiger partial charge on any atom is -0.496 e. The van der Waals surface area contributed by atoms with E-state index in [-0.39, 0.29) is 35.2 Å². The van der Waals surface area contributed by atoms with Gasteiger partial charge in [0.15, 0.2) is 5.78 Å². The Morgan fingerprint density at radius 1 is 1.19 bits per heavy atom. The molecule has 0 amide bonds. The molecule has 1 aromatic carbocycles. The second-order valence-corrected chi connectivity index (χ2v) is 9.27. The van der Waals surface area contributed by atoms with Crippen LogP contribution in [0, 0.1) is 5.92 Å². The first kappa shape index (κ1) is 24.4. The van der Waals surface area contributed by atoms with E-state index >= 15 is 0 Å². The van der Waals surface area contributed by atoms with Gasteiger partial charge in [0.05, 0.1) is 19.0 Å². The Morgan fingerprint density at radius 3 is 2.69 bits per heavy atom. The molecule has 0 spiro atoms. The Balaban J connectivity index is 1.39. The number of hydrogen-bond acceptors (Lipinski definition) is 6. The summed E-state index contributed by atoms with van der Waals surface area (Å²) in [4.78, 5) is 19.3. The van der Waals surface area contributed by atoms with Gasteiger partial charge in [-0.2, -0.15) is 8.78 Å². The maximum atomic E-state index is 13.3. The molecule has 5 rings (SSSR count). The number of pyridine rings is 1. The summed E-state index contributed by atoms with van der Waals surface area (Å²) < 4.78 is 57.6. The van der Waals surface area contributed by atoms with Crippen LogP contribution in [0.2, 0.25) is 0 Å². The van der Waals surface area contributed by atoms with Crippen molar-refractivity contribution in [3.8, 4) is 28.5 Å². The van der Waals surface area contributed by atoms with Crippen molar-refractivity contribution >= 4 is 11.4 Å². The van der Waals surface area contributed by atoms with Crippen LogP contribution in [-0.4, -0.2) is 66.2 Å². The van der Waals surface area contributed by atoms with Crippen LogP contribution in [0.15, 0.2) is 36.7 Å². The fourth-order valence-corrected chi connectivity index (χ4v) is 4.60. The van der Waals surface area contributed by atoms with E-state index in [1.807, 2.05) is 4.90 Å². The van der Waals surface area contributed by atoms with Gasteiger partial charge >= 0.3 is 6.61 Å². The molecule has 36 heavy (non-hydrogen) atoms. The first-order valence-electron chi connectivity index (χ1n) is 12.1. The number of hydrogen-bond donors (Lipinski definition) is 0. The lowest BCUT2D eigenvalue weighted by Crippen LogP contribution is -2.26. The quantitative estimate of drug-likeness (QED) is 0.343. The van der Waals surface area contributed by atoms with E-state index in [1.54, 1.807) is 35.0 Å². The Hall–Kier alpha value is -3.27. The minimum atomic E-state index is -3.09. The number of ether oxygens (including phenoxy) is 3. The van der Waals surface area contributed by atoms with Crippen LogP contribution in [0.3, 0.4) is 0 Å². The number of Topliss-reactive ketones (excluding diaryl/α,β-unsaturated/α-hetero) is 1. The number of benzene rings is 1. The van der Waals surface area contributed by atoms with Crippen molar-refractivity contribution in [2.24, 2.45) is 5.92 Å². The van der Waals surface area contributed by atoms with Gasteiger partial charge in [-0.1, -0.05) is 0 Å². The number of ketones is 1. The SMILES string of the molecule is COc1cc(-c2cnc3cc(OCCN4CC[C@H](F)C4)ccn23)cc(OC(F)F)c1C(=O)CC1CC1. The van der Waals surface area contributed by atoms with Gasteiger partial charge in [-0.05, 0) is 43.4 Å². The summed E-state index contributed by atoms with van der Waals surface area (Å²) in [7, 11) is 1.40. The van der Waals surface area contributed by atoms with Gasteiger partial charge in [-0.15, -0.1) is 0 Å². The third-order valence-corrected chi connectivity index (χ3v) is 6.62. The fraction of sp³-hybridized carbons (Fsp3) is 0.462. The van der Waals surface area contributed by atoms with Crippen molar-refractivity contribution in [2.75, 3.05) is 33.4 Å². The molecule has 1 aliphatic carbocycles. The zero-order valence-corrected chi connectivity index (χ0v) is 20.0. The molecule has 0 bridgehead atoms. The van der Waals surface area contributed by atoms with Crippen molar-refractivity contribution in [3.63, 3.8) is 0 Å². The molecular weight excluding hydrogens is 475 g/mol. The van der Waals surface area contributed by atoms with Crippen LogP contribution >= 0.6 is 0 Å². The number of fused-ring (bicyclic) bond motifs is 1. The smallest absolute Gasteiger partial charge is 0.387 e. The molecule has 1 atom stereocenters. The van der Waals surface area contributed by atoms with Gasteiger partial charge in [0.2, 0.25) is 0 Å². The Kier molecular flexibility index (Phi) is 7.04. The first-order valence-corrected chi connectivity index (χ1v) is 12.1. The summed E-state index contributed by atoms with van der Waals surface area (Å²) >= 11 is 0. The zero-order chi connectivity index (χ0) is 25.2. The van der Waals surface area contributed by atoms with Crippen LogP contribution in [0.4, 0.5) is 13.2 Å². The summed E-state index contributed by atoms with van der Waals surface area (Å²) in [5, 5.41) is 0. The van der Waals surface area contributed by atoms with Gasteiger partial charge < -0.3 is 14.2 Å². The molecule has 7 nitrogen and oxygen atoms in total. The van der Waals surface area contributed by atoms with Crippen molar-refractivity contribution in [1.82, 2.24) is 14.3 Å². The van der Waals surface area contributed by atoms with Crippen LogP contribution < -0.4 is 14.2 Å². The number of carbonyl (C=O) groups is 1. The monoisotopic (exact) mass is 503 g/mol. The molecule has 2 aliphatic rings. The first-order chi connectivity index (χ1) is 17.4. The van der Waals surface area contributed by atoms with Crippen LogP contribution in [0.1, 0.15) is 36.0 Å². The lowest BCUT2D eigenvalue weighted by molar-refractivity contribution is -0.0502. The molecule has 0 N–H and O–H groups in total. The lowest BCUT2D eigenvalue weighted by Gasteiger charge is -2.16. The molecule has 10 heteroatoms. The van der Waals surface area contributed by atoms with E-state index in [1.165, 1.54) is 13.2 Å². The van der Waals surface area contributed by atoms with Gasteiger partial charge in [-0.25, -0.2) is 9.37 Å². The molecule has 0 unspecified atom stereocenters. The van der Waals surface area contributed by atoms with Crippen molar-refractivity contribution < 1.29 is 32.2 Å². The number of carbonyl (C=O) groups excluding carboxylic acids is 1. The van der Waals surface area contributed by atoms with Gasteiger partial charge in [-0.3, -0.25) is 14.1 Å². The fourth-order valence-electron chi connectivity index (χ4n) is 4.60. The van der Waals surface area contributed by atoms with Gasteiger partial charge in [0, 0.05) is 43.9 Å². The summed E-state index contributed by atoms with van der Waals surface area (Å²) in [6.45, 7) is -0.839. The minimum absolute atomic E-state index is 0.0371. The predicted molar refractivity (Wildman–Crippen MR) is 127 cm³/mol. The van der Waals surface area contributed by atoms with E-state index in [0.29, 0.717) is 48.8 Å². The van der Waals surface area contributed by atoms with Gasteiger partial charge in [0.25, 0.3) is 0 Å². The molecule has 1 saturated heterocycles. The Labute approximate surface area is 206 Å².